The van der Waals surface area contributed by atoms with Gasteiger partial charge in [0.1, 0.15) is 4.21 Å². The van der Waals surface area contributed by atoms with E-state index in [4.69, 9.17) is 0 Å². The number of hydrogen-bond acceptors (Lipinski definition) is 5. The van der Waals surface area contributed by atoms with E-state index in [-0.39, 0.29) is 42.1 Å². The third kappa shape index (κ3) is 5.19. The molecular formula is C18H20BrN3O4S2. The Morgan fingerprint density at radius 3 is 2.32 bits per heavy atom. The van der Waals surface area contributed by atoms with E-state index in [1.165, 1.54) is 15.6 Å². The molecule has 0 atom stereocenters. The second kappa shape index (κ2) is 9.17. The number of carbonyl (C=O) groups excluding carboxylic acids is 2. The lowest BCUT2D eigenvalue weighted by atomic mass is 10.1. The standard InChI is InChI=1S/C18H20BrN3O4S2/c19-15-6-7-18(27-15)28(25,26)22-10-8-21(9-11-22)17(24)13-20-16(23)12-14-4-2-1-3-5-14/h1-7H,8-13H2,(H,20,23). The van der Waals surface area contributed by atoms with Crippen LogP contribution in [0.3, 0.4) is 0 Å². The van der Waals surface area contributed by atoms with Gasteiger partial charge in [-0.3, -0.25) is 9.59 Å². The largest absolute Gasteiger partial charge is 0.347 e. The minimum Gasteiger partial charge on any atom is -0.347 e. The van der Waals surface area contributed by atoms with E-state index in [2.05, 4.69) is 21.2 Å². The van der Waals surface area contributed by atoms with Crippen LogP contribution in [0.5, 0.6) is 0 Å². The van der Waals surface area contributed by atoms with Gasteiger partial charge in [0, 0.05) is 26.2 Å². The van der Waals surface area contributed by atoms with Gasteiger partial charge in [0.05, 0.1) is 16.8 Å². The van der Waals surface area contributed by atoms with E-state index >= 15 is 0 Å². The molecule has 1 fully saturated rings. The molecule has 1 aliphatic heterocycles. The van der Waals surface area contributed by atoms with Crippen LogP contribution in [0.15, 0.2) is 50.5 Å². The quantitative estimate of drug-likeness (QED) is 0.674. The van der Waals surface area contributed by atoms with Crippen molar-refractivity contribution in [3.05, 3.63) is 51.8 Å². The number of piperazine rings is 1. The van der Waals surface area contributed by atoms with Gasteiger partial charge in [0.15, 0.2) is 0 Å². The van der Waals surface area contributed by atoms with Crippen LogP contribution in [-0.4, -0.2) is 62.2 Å². The van der Waals surface area contributed by atoms with Crippen molar-refractivity contribution in [3.8, 4) is 0 Å². The van der Waals surface area contributed by atoms with Crippen LogP contribution in [0, 0.1) is 0 Å². The topological polar surface area (TPSA) is 86.8 Å². The van der Waals surface area contributed by atoms with Crippen molar-refractivity contribution in [2.45, 2.75) is 10.6 Å². The molecule has 10 heteroatoms. The fraction of sp³-hybridized carbons (Fsp3) is 0.333. The molecular weight excluding hydrogens is 466 g/mol. The highest BCUT2D eigenvalue weighted by molar-refractivity contribution is 9.11. The zero-order chi connectivity index (χ0) is 20.1. The minimum absolute atomic E-state index is 0.0870. The number of halogens is 1. The van der Waals surface area contributed by atoms with Crippen LogP contribution in [-0.2, 0) is 26.0 Å². The second-order valence-electron chi connectivity index (χ2n) is 6.28. The summed E-state index contributed by atoms with van der Waals surface area (Å²) in [6.45, 7) is 0.998. The Labute approximate surface area is 176 Å². The highest BCUT2D eigenvalue weighted by Gasteiger charge is 2.31. The Bertz CT molecular complexity index is 939. The van der Waals surface area contributed by atoms with E-state index in [0.29, 0.717) is 13.1 Å². The lowest BCUT2D eigenvalue weighted by Gasteiger charge is -2.33. The first kappa shape index (κ1) is 21.0. The Kier molecular flexibility index (Phi) is 6.86. The van der Waals surface area contributed by atoms with E-state index in [0.717, 1.165) is 9.35 Å². The molecule has 1 aromatic carbocycles. The first-order valence-corrected chi connectivity index (χ1v) is 11.7. The number of sulfonamides is 1. The zero-order valence-corrected chi connectivity index (χ0v) is 18.2. The van der Waals surface area contributed by atoms with Gasteiger partial charge >= 0.3 is 0 Å². The van der Waals surface area contributed by atoms with Gasteiger partial charge < -0.3 is 10.2 Å². The summed E-state index contributed by atoms with van der Waals surface area (Å²) in [4.78, 5) is 25.9. The highest BCUT2D eigenvalue weighted by atomic mass is 79.9. The number of hydrogen-bond donors (Lipinski definition) is 1. The van der Waals surface area contributed by atoms with Crippen LogP contribution in [0.2, 0.25) is 0 Å². The van der Waals surface area contributed by atoms with Crippen molar-refractivity contribution < 1.29 is 18.0 Å². The van der Waals surface area contributed by atoms with E-state index < -0.39 is 10.0 Å². The van der Waals surface area contributed by atoms with Gasteiger partial charge in [0.25, 0.3) is 10.0 Å². The van der Waals surface area contributed by atoms with Crippen molar-refractivity contribution in [2.75, 3.05) is 32.7 Å². The lowest BCUT2D eigenvalue weighted by Crippen LogP contribution is -2.52. The summed E-state index contributed by atoms with van der Waals surface area (Å²) in [6.07, 6.45) is 0.219. The fourth-order valence-electron chi connectivity index (χ4n) is 2.87. The molecule has 1 aromatic heterocycles. The molecule has 0 bridgehead atoms. The van der Waals surface area contributed by atoms with Crippen LogP contribution in [0.25, 0.3) is 0 Å². The van der Waals surface area contributed by atoms with Crippen molar-refractivity contribution in [1.82, 2.24) is 14.5 Å². The average Bonchev–Trinajstić information content (AvgIpc) is 3.14. The summed E-state index contributed by atoms with van der Waals surface area (Å²) in [6, 6.07) is 12.6. The molecule has 2 aromatic rings. The Balaban J connectivity index is 1.46. The predicted octanol–water partition coefficient (Wildman–Crippen LogP) is 1.70. The molecule has 150 valence electrons. The number of thiophene rings is 1. The second-order valence-corrected chi connectivity index (χ2v) is 10.9. The summed E-state index contributed by atoms with van der Waals surface area (Å²) < 4.78 is 27.7. The molecule has 1 saturated heterocycles. The van der Waals surface area contributed by atoms with Gasteiger partial charge in [-0.2, -0.15) is 4.31 Å². The van der Waals surface area contributed by atoms with Crippen LogP contribution in [0.4, 0.5) is 0 Å². The average molecular weight is 486 g/mol. The maximum Gasteiger partial charge on any atom is 0.252 e. The Morgan fingerprint density at radius 2 is 1.71 bits per heavy atom. The van der Waals surface area contributed by atoms with E-state index in [1.807, 2.05) is 30.3 Å². The number of nitrogens with one attached hydrogen (secondary N) is 1. The first-order valence-electron chi connectivity index (χ1n) is 8.70. The van der Waals surface area contributed by atoms with Crippen molar-refractivity contribution in [2.24, 2.45) is 0 Å². The number of amides is 2. The molecule has 0 aliphatic carbocycles. The molecule has 0 spiro atoms. The van der Waals surface area contributed by atoms with Crippen LogP contribution in [0.1, 0.15) is 5.56 Å². The molecule has 28 heavy (non-hydrogen) atoms. The number of rotatable bonds is 6. The smallest absolute Gasteiger partial charge is 0.252 e. The monoisotopic (exact) mass is 485 g/mol. The third-order valence-electron chi connectivity index (χ3n) is 4.38. The summed E-state index contributed by atoms with van der Waals surface area (Å²) in [5.74, 6) is -0.429. The minimum atomic E-state index is -3.54. The molecule has 1 N–H and O–H groups in total. The molecule has 1 aliphatic rings. The zero-order valence-electron chi connectivity index (χ0n) is 15.0. The van der Waals surface area contributed by atoms with Crippen LogP contribution >= 0.6 is 27.3 Å². The molecule has 2 amide bonds. The van der Waals surface area contributed by atoms with Crippen molar-refractivity contribution in [1.29, 1.82) is 0 Å². The number of benzene rings is 1. The summed E-state index contributed by atoms with van der Waals surface area (Å²) in [5.41, 5.74) is 0.881. The molecule has 0 unspecified atom stereocenters. The maximum absolute atomic E-state index is 12.6. The molecule has 0 radical (unpaired) electrons. The lowest BCUT2D eigenvalue weighted by molar-refractivity contribution is -0.133. The number of carbonyl (C=O) groups is 2. The molecule has 7 nitrogen and oxygen atoms in total. The van der Waals surface area contributed by atoms with Gasteiger partial charge in [-0.15, -0.1) is 11.3 Å². The van der Waals surface area contributed by atoms with Crippen molar-refractivity contribution in [3.63, 3.8) is 0 Å². The van der Waals surface area contributed by atoms with Crippen molar-refractivity contribution >= 4 is 49.1 Å². The van der Waals surface area contributed by atoms with Gasteiger partial charge in [-0.1, -0.05) is 30.3 Å². The Hall–Kier alpha value is -1.75. The SMILES string of the molecule is O=C(Cc1ccccc1)NCC(=O)N1CCN(S(=O)(=O)c2ccc(Br)s2)CC1. The molecule has 0 saturated carbocycles. The van der Waals surface area contributed by atoms with E-state index in [9.17, 15) is 18.0 Å². The predicted molar refractivity (Wildman–Crippen MR) is 111 cm³/mol. The van der Waals surface area contributed by atoms with Crippen LogP contribution < -0.4 is 5.32 Å². The van der Waals surface area contributed by atoms with Gasteiger partial charge in [-0.25, -0.2) is 8.42 Å². The molecule has 2 heterocycles. The van der Waals surface area contributed by atoms with Gasteiger partial charge in [-0.05, 0) is 33.6 Å². The normalized spacial score (nSPS) is 15.4. The fourth-order valence-corrected chi connectivity index (χ4v) is 6.46. The van der Waals surface area contributed by atoms with E-state index in [1.54, 1.807) is 17.0 Å². The number of nitrogens with zero attached hydrogens (tertiary/aromatic N) is 2. The molecule has 3 rings (SSSR count). The first-order chi connectivity index (χ1) is 13.4. The summed E-state index contributed by atoms with van der Waals surface area (Å²) in [7, 11) is -3.54. The highest BCUT2D eigenvalue weighted by Crippen LogP contribution is 2.28. The summed E-state index contributed by atoms with van der Waals surface area (Å²) >= 11 is 4.44. The third-order valence-corrected chi connectivity index (χ3v) is 8.37. The van der Waals surface area contributed by atoms with Gasteiger partial charge in [0.2, 0.25) is 11.8 Å². The summed E-state index contributed by atoms with van der Waals surface area (Å²) in [5, 5.41) is 2.63. The Morgan fingerprint density at radius 1 is 1.04 bits per heavy atom. The maximum atomic E-state index is 12.6.